The SMILES string of the molecule is O=C(N[C@H](Cc1ccc(-c2ccccc2)cc1Cl)C[C@@H](O)C(=O)O)c1cc(-c2cccnc2)n[nH]1. The Morgan fingerprint density at radius 3 is 2.46 bits per heavy atom. The Balaban J connectivity index is 1.52. The van der Waals surface area contributed by atoms with Crippen LogP contribution < -0.4 is 5.32 Å². The van der Waals surface area contributed by atoms with Crippen LogP contribution in [-0.2, 0) is 11.2 Å². The summed E-state index contributed by atoms with van der Waals surface area (Å²) in [7, 11) is 0. The van der Waals surface area contributed by atoms with Gasteiger partial charge >= 0.3 is 5.97 Å². The average Bonchev–Trinajstić information content (AvgIpc) is 3.37. The molecule has 0 saturated carbocycles. The van der Waals surface area contributed by atoms with Crippen molar-refractivity contribution in [3.63, 3.8) is 0 Å². The molecule has 2 aromatic heterocycles. The van der Waals surface area contributed by atoms with Gasteiger partial charge in [0, 0.05) is 35.4 Å². The molecular weight excluding hydrogens is 468 g/mol. The first kappa shape index (κ1) is 24.1. The lowest BCUT2D eigenvalue weighted by atomic mass is 9.97. The molecule has 35 heavy (non-hydrogen) atoms. The molecule has 0 spiro atoms. The standard InChI is InChI=1S/C26H23ClN4O4/c27-21-12-17(16-5-2-1-3-6-16)8-9-18(21)11-20(13-24(32)26(34)35)29-25(33)23-14-22(30-31-23)19-7-4-10-28-15-19/h1-10,12,14-15,20,24,32H,11,13H2,(H,29,33)(H,30,31)(H,34,35)/t20-,24-/m1/s1. The maximum atomic E-state index is 12.9. The van der Waals surface area contributed by atoms with Crippen molar-refractivity contribution in [2.75, 3.05) is 0 Å². The number of nitrogens with one attached hydrogen (secondary N) is 2. The summed E-state index contributed by atoms with van der Waals surface area (Å²) in [5.74, 6) is -1.84. The number of pyridine rings is 1. The molecular formula is C26H23ClN4O4. The zero-order valence-electron chi connectivity index (χ0n) is 18.6. The molecule has 0 aliphatic heterocycles. The van der Waals surface area contributed by atoms with Crippen molar-refractivity contribution < 1.29 is 19.8 Å². The third-order valence-corrected chi connectivity index (χ3v) is 5.89. The van der Waals surface area contributed by atoms with Crippen LogP contribution in [0.25, 0.3) is 22.4 Å². The summed E-state index contributed by atoms with van der Waals surface area (Å²) in [5.41, 5.74) is 4.15. The molecule has 178 valence electrons. The molecule has 4 aromatic rings. The van der Waals surface area contributed by atoms with E-state index < -0.39 is 24.0 Å². The van der Waals surface area contributed by atoms with Crippen LogP contribution in [0.15, 0.2) is 79.1 Å². The summed E-state index contributed by atoms with van der Waals surface area (Å²) in [5, 5.41) is 29.3. The molecule has 2 atom stereocenters. The van der Waals surface area contributed by atoms with Gasteiger partial charge in [-0.3, -0.25) is 14.9 Å². The number of amides is 1. The van der Waals surface area contributed by atoms with E-state index in [-0.39, 0.29) is 18.5 Å². The number of aliphatic hydroxyl groups excluding tert-OH is 1. The predicted molar refractivity (Wildman–Crippen MR) is 132 cm³/mol. The lowest BCUT2D eigenvalue weighted by Gasteiger charge is -2.21. The highest BCUT2D eigenvalue weighted by Crippen LogP contribution is 2.27. The molecule has 9 heteroatoms. The summed E-state index contributed by atoms with van der Waals surface area (Å²) in [4.78, 5) is 28.2. The Bertz CT molecular complexity index is 1310. The van der Waals surface area contributed by atoms with Gasteiger partial charge in [0.15, 0.2) is 6.10 Å². The summed E-state index contributed by atoms with van der Waals surface area (Å²) in [6.45, 7) is 0. The molecule has 0 unspecified atom stereocenters. The van der Waals surface area contributed by atoms with Crippen LogP contribution in [0.3, 0.4) is 0 Å². The molecule has 1 amide bonds. The normalized spacial score (nSPS) is 12.6. The maximum Gasteiger partial charge on any atom is 0.332 e. The molecule has 0 saturated heterocycles. The Morgan fingerprint density at radius 2 is 1.77 bits per heavy atom. The fraction of sp³-hybridized carbons (Fsp3) is 0.154. The third-order valence-electron chi connectivity index (χ3n) is 5.53. The molecule has 0 bridgehead atoms. The number of hydrogen-bond donors (Lipinski definition) is 4. The lowest BCUT2D eigenvalue weighted by molar-refractivity contribution is -0.147. The van der Waals surface area contributed by atoms with E-state index in [9.17, 15) is 19.8 Å². The molecule has 0 aliphatic rings. The second-order valence-electron chi connectivity index (χ2n) is 8.05. The summed E-state index contributed by atoms with van der Waals surface area (Å²) < 4.78 is 0. The minimum Gasteiger partial charge on any atom is -0.479 e. The number of carbonyl (C=O) groups is 2. The number of H-pyrrole nitrogens is 1. The fourth-order valence-corrected chi connectivity index (χ4v) is 3.97. The predicted octanol–water partition coefficient (Wildman–Crippen LogP) is 3.97. The Morgan fingerprint density at radius 1 is 1.00 bits per heavy atom. The first-order valence-corrected chi connectivity index (χ1v) is 11.3. The zero-order valence-corrected chi connectivity index (χ0v) is 19.3. The molecule has 0 aliphatic carbocycles. The van der Waals surface area contributed by atoms with E-state index in [2.05, 4.69) is 20.5 Å². The van der Waals surface area contributed by atoms with Gasteiger partial charge in [0.2, 0.25) is 0 Å². The minimum absolute atomic E-state index is 0.193. The topological polar surface area (TPSA) is 128 Å². The number of aliphatic hydroxyl groups is 1. The first-order valence-electron chi connectivity index (χ1n) is 10.9. The number of benzene rings is 2. The van der Waals surface area contributed by atoms with Crippen LogP contribution in [0, 0.1) is 0 Å². The summed E-state index contributed by atoms with van der Waals surface area (Å²) in [6, 6.07) is 19.8. The molecule has 0 fully saturated rings. The highest BCUT2D eigenvalue weighted by molar-refractivity contribution is 6.31. The fourth-order valence-electron chi connectivity index (χ4n) is 3.72. The van der Waals surface area contributed by atoms with Gasteiger partial charge in [0.05, 0.1) is 5.69 Å². The Kier molecular flexibility index (Phi) is 7.54. The first-order chi connectivity index (χ1) is 16.9. The van der Waals surface area contributed by atoms with E-state index in [0.717, 1.165) is 22.3 Å². The van der Waals surface area contributed by atoms with Crippen molar-refractivity contribution in [1.29, 1.82) is 0 Å². The van der Waals surface area contributed by atoms with Gasteiger partial charge in [0.25, 0.3) is 5.91 Å². The average molecular weight is 491 g/mol. The van der Waals surface area contributed by atoms with E-state index in [0.29, 0.717) is 10.7 Å². The number of aromatic amines is 1. The van der Waals surface area contributed by atoms with Crippen LogP contribution in [0.1, 0.15) is 22.5 Å². The van der Waals surface area contributed by atoms with E-state index in [1.165, 1.54) is 0 Å². The second kappa shape index (κ2) is 10.9. The van der Waals surface area contributed by atoms with Gasteiger partial charge < -0.3 is 15.5 Å². The van der Waals surface area contributed by atoms with Gasteiger partial charge in [0.1, 0.15) is 5.69 Å². The smallest absolute Gasteiger partial charge is 0.332 e. The van der Waals surface area contributed by atoms with Gasteiger partial charge in [-0.05, 0) is 47.4 Å². The number of aromatic nitrogens is 3. The number of aliphatic carboxylic acids is 1. The van der Waals surface area contributed by atoms with Crippen molar-refractivity contribution in [3.05, 3.63) is 95.4 Å². The molecule has 4 N–H and O–H groups in total. The van der Waals surface area contributed by atoms with Crippen LogP contribution in [0.4, 0.5) is 0 Å². The molecule has 4 rings (SSSR count). The van der Waals surface area contributed by atoms with Gasteiger partial charge in [-0.1, -0.05) is 54.1 Å². The van der Waals surface area contributed by atoms with Crippen LogP contribution >= 0.6 is 11.6 Å². The number of carbonyl (C=O) groups excluding carboxylic acids is 1. The molecule has 2 heterocycles. The van der Waals surface area contributed by atoms with Gasteiger partial charge in [-0.15, -0.1) is 0 Å². The highest BCUT2D eigenvalue weighted by atomic mass is 35.5. The summed E-state index contributed by atoms with van der Waals surface area (Å²) >= 11 is 6.53. The van der Waals surface area contributed by atoms with Crippen molar-refractivity contribution in [2.45, 2.75) is 25.0 Å². The van der Waals surface area contributed by atoms with Gasteiger partial charge in [-0.2, -0.15) is 5.10 Å². The van der Waals surface area contributed by atoms with E-state index in [1.807, 2.05) is 54.6 Å². The van der Waals surface area contributed by atoms with Crippen molar-refractivity contribution in [3.8, 4) is 22.4 Å². The number of nitrogens with zero attached hydrogens (tertiary/aromatic N) is 2. The van der Waals surface area contributed by atoms with Crippen LogP contribution in [0.2, 0.25) is 5.02 Å². The van der Waals surface area contributed by atoms with Crippen LogP contribution in [0.5, 0.6) is 0 Å². The lowest BCUT2D eigenvalue weighted by Crippen LogP contribution is -2.40. The number of rotatable bonds is 9. The molecule has 8 nitrogen and oxygen atoms in total. The van der Waals surface area contributed by atoms with E-state index in [1.54, 1.807) is 24.5 Å². The van der Waals surface area contributed by atoms with Crippen molar-refractivity contribution >= 4 is 23.5 Å². The van der Waals surface area contributed by atoms with Crippen molar-refractivity contribution in [1.82, 2.24) is 20.5 Å². The van der Waals surface area contributed by atoms with E-state index in [4.69, 9.17) is 11.6 Å². The number of carboxylic acids is 1. The quantitative estimate of drug-likeness (QED) is 0.281. The second-order valence-corrected chi connectivity index (χ2v) is 8.45. The van der Waals surface area contributed by atoms with Gasteiger partial charge in [-0.25, -0.2) is 4.79 Å². The number of hydrogen-bond acceptors (Lipinski definition) is 5. The molecule has 2 aromatic carbocycles. The van der Waals surface area contributed by atoms with E-state index >= 15 is 0 Å². The minimum atomic E-state index is -1.64. The zero-order chi connectivity index (χ0) is 24.8. The monoisotopic (exact) mass is 490 g/mol. The highest BCUT2D eigenvalue weighted by Gasteiger charge is 2.24. The maximum absolute atomic E-state index is 12.9. The largest absolute Gasteiger partial charge is 0.479 e. The third kappa shape index (κ3) is 6.11. The number of halogens is 1. The van der Waals surface area contributed by atoms with Crippen molar-refractivity contribution in [2.24, 2.45) is 0 Å². The Hall–Kier alpha value is -4.01. The van der Waals surface area contributed by atoms with Crippen LogP contribution in [-0.4, -0.2) is 49.4 Å². The summed E-state index contributed by atoms with van der Waals surface area (Å²) in [6.07, 6.45) is 1.66. The molecule has 0 radical (unpaired) electrons. The number of carboxylic acid groups (broad SMARTS) is 1. The Labute approximate surface area is 206 Å².